The lowest BCUT2D eigenvalue weighted by Crippen LogP contribution is -2.37. The van der Waals surface area contributed by atoms with Gasteiger partial charge in [0.05, 0.1) is 32.0 Å². The first kappa shape index (κ1) is 20.5. The van der Waals surface area contributed by atoms with Gasteiger partial charge in [-0.05, 0) is 18.9 Å². The Labute approximate surface area is 159 Å². The van der Waals surface area contributed by atoms with E-state index in [1.807, 2.05) is 0 Å². The van der Waals surface area contributed by atoms with Crippen molar-refractivity contribution in [1.29, 1.82) is 0 Å². The van der Waals surface area contributed by atoms with Crippen LogP contribution in [0.25, 0.3) is 0 Å². The molecule has 2 rings (SSSR count). The Bertz CT molecular complexity index is 718. The molecule has 1 aliphatic heterocycles. The highest BCUT2D eigenvalue weighted by molar-refractivity contribution is 6.05. The van der Waals surface area contributed by atoms with E-state index < -0.39 is 0 Å². The lowest BCUT2D eigenvalue weighted by Gasteiger charge is -2.21. The van der Waals surface area contributed by atoms with Crippen LogP contribution >= 0.6 is 0 Å². The van der Waals surface area contributed by atoms with Crippen molar-refractivity contribution < 1.29 is 23.9 Å². The Morgan fingerprint density at radius 3 is 2.41 bits per heavy atom. The van der Waals surface area contributed by atoms with Crippen LogP contribution in [0.2, 0.25) is 0 Å². The molecule has 0 bridgehead atoms. The molecule has 1 heterocycles. The molecule has 1 aromatic rings. The molecule has 27 heavy (non-hydrogen) atoms. The lowest BCUT2D eigenvalue weighted by atomic mass is 10.1. The van der Waals surface area contributed by atoms with Crippen molar-refractivity contribution in [3.8, 4) is 11.5 Å². The number of rotatable bonds is 6. The van der Waals surface area contributed by atoms with E-state index in [-0.39, 0.29) is 29.8 Å². The monoisotopic (exact) mass is 377 g/mol. The van der Waals surface area contributed by atoms with Crippen molar-refractivity contribution in [3.63, 3.8) is 0 Å². The number of methoxy groups -OCH3 is 2. The molecule has 1 saturated heterocycles. The molecule has 3 amide bonds. The van der Waals surface area contributed by atoms with E-state index in [9.17, 15) is 14.4 Å². The number of anilines is 1. The molecule has 1 aliphatic rings. The number of hydrogen-bond donors (Lipinski definition) is 1. The fourth-order valence-electron chi connectivity index (χ4n) is 2.97. The van der Waals surface area contributed by atoms with Gasteiger partial charge in [-0.1, -0.05) is 6.42 Å². The van der Waals surface area contributed by atoms with Crippen LogP contribution in [0.5, 0.6) is 11.5 Å². The van der Waals surface area contributed by atoms with Gasteiger partial charge in [0.1, 0.15) is 0 Å². The molecule has 0 saturated carbocycles. The Morgan fingerprint density at radius 2 is 1.78 bits per heavy atom. The summed E-state index contributed by atoms with van der Waals surface area (Å²) in [4.78, 5) is 40.1. The molecular formula is C19H27N3O5. The normalized spacial score (nSPS) is 14.4. The highest BCUT2D eigenvalue weighted by Gasteiger charge is 2.22. The summed E-state index contributed by atoms with van der Waals surface area (Å²) < 4.78 is 10.5. The van der Waals surface area contributed by atoms with Crippen LogP contribution in [0.1, 0.15) is 36.0 Å². The van der Waals surface area contributed by atoms with Gasteiger partial charge < -0.3 is 24.6 Å². The zero-order chi connectivity index (χ0) is 20.0. The van der Waals surface area contributed by atoms with Gasteiger partial charge in [0, 0.05) is 33.1 Å². The van der Waals surface area contributed by atoms with Crippen molar-refractivity contribution >= 4 is 23.4 Å². The molecule has 0 unspecified atom stereocenters. The molecule has 1 fully saturated rings. The van der Waals surface area contributed by atoms with Crippen molar-refractivity contribution in [2.24, 2.45) is 0 Å². The molecule has 8 nitrogen and oxygen atoms in total. The minimum Gasteiger partial charge on any atom is -0.493 e. The van der Waals surface area contributed by atoms with Crippen LogP contribution in [-0.4, -0.2) is 68.9 Å². The largest absolute Gasteiger partial charge is 0.493 e. The van der Waals surface area contributed by atoms with Crippen LogP contribution in [0, 0.1) is 0 Å². The average Bonchev–Trinajstić information content (AvgIpc) is 2.85. The molecule has 148 valence electrons. The van der Waals surface area contributed by atoms with Gasteiger partial charge >= 0.3 is 0 Å². The predicted molar refractivity (Wildman–Crippen MR) is 101 cm³/mol. The first-order chi connectivity index (χ1) is 12.9. The lowest BCUT2D eigenvalue weighted by molar-refractivity contribution is -0.134. The number of ether oxygens (including phenoxy) is 2. The molecule has 0 radical (unpaired) electrons. The van der Waals surface area contributed by atoms with E-state index in [2.05, 4.69) is 5.32 Å². The number of carbonyl (C=O) groups excluding carboxylic acids is 3. The van der Waals surface area contributed by atoms with E-state index in [4.69, 9.17) is 9.47 Å². The number of carbonyl (C=O) groups is 3. The second-order valence-electron chi connectivity index (χ2n) is 6.63. The van der Waals surface area contributed by atoms with Gasteiger partial charge in [-0.2, -0.15) is 0 Å². The van der Waals surface area contributed by atoms with Gasteiger partial charge in [0.15, 0.2) is 11.5 Å². The number of nitrogens with zero attached hydrogens (tertiary/aromatic N) is 2. The van der Waals surface area contributed by atoms with Crippen molar-refractivity contribution in [2.75, 3.05) is 46.7 Å². The van der Waals surface area contributed by atoms with Crippen molar-refractivity contribution in [1.82, 2.24) is 9.80 Å². The molecular weight excluding hydrogens is 350 g/mol. The third-order valence-electron chi connectivity index (χ3n) is 4.44. The Kier molecular flexibility index (Phi) is 7.04. The van der Waals surface area contributed by atoms with Crippen LogP contribution in [0.15, 0.2) is 12.1 Å². The Balaban J connectivity index is 2.25. The molecule has 1 aromatic carbocycles. The summed E-state index contributed by atoms with van der Waals surface area (Å²) in [7, 11) is 6.21. The van der Waals surface area contributed by atoms with Crippen molar-refractivity contribution in [2.45, 2.75) is 25.7 Å². The maximum Gasteiger partial charge on any atom is 0.255 e. The maximum absolute atomic E-state index is 12.5. The van der Waals surface area contributed by atoms with Crippen LogP contribution in [0.3, 0.4) is 0 Å². The maximum atomic E-state index is 12.5. The average molecular weight is 377 g/mol. The first-order valence-corrected chi connectivity index (χ1v) is 8.92. The predicted octanol–water partition coefficient (Wildman–Crippen LogP) is 1.75. The van der Waals surface area contributed by atoms with E-state index in [0.717, 1.165) is 19.3 Å². The number of benzene rings is 1. The smallest absolute Gasteiger partial charge is 0.255 e. The van der Waals surface area contributed by atoms with E-state index in [1.165, 1.54) is 25.2 Å². The van der Waals surface area contributed by atoms with E-state index in [0.29, 0.717) is 30.2 Å². The zero-order valence-corrected chi connectivity index (χ0v) is 16.3. The Morgan fingerprint density at radius 1 is 1.11 bits per heavy atom. The molecule has 0 aliphatic carbocycles. The van der Waals surface area contributed by atoms with Gasteiger partial charge in [-0.3, -0.25) is 14.4 Å². The molecule has 0 spiro atoms. The topological polar surface area (TPSA) is 88.2 Å². The van der Waals surface area contributed by atoms with Crippen LogP contribution in [0.4, 0.5) is 5.69 Å². The standard InChI is InChI=1S/C19H27N3O5/c1-21(2)19(25)13-10-15(26-3)16(27-4)11-14(13)20-17(23)12-22-9-7-5-6-8-18(22)24/h10-11H,5-9,12H2,1-4H3,(H,20,23). The second-order valence-corrected chi connectivity index (χ2v) is 6.63. The van der Waals surface area contributed by atoms with Crippen LogP contribution < -0.4 is 14.8 Å². The van der Waals surface area contributed by atoms with Gasteiger partial charge in [0.25, 0.3) is 5.91 Å². The number of hydrogen-bond acceptors (Lipinski definition) is 5. The van der Waals surface area contributed by atoms with E-state index >= 15 is 0 Å². The Hall–Kier alpha value is -2.77. The van der Waals surface area contributed by atoms with E-state index in [1.54, 1.807) is 25.1 Å². The van der Waals surface area contributed by atoms with Crippen LogP contribution in [-0.2, 0) is 9.59 Å². The second kappa shape index (κ2) is 9.25. The van der Waals surface area contributed by atoms with Gasteiger partial charge in [0.2, 0.25) is 11.8 Å². The third kappa shape index (κ3) is 5.12. The number of likely N-dealkylation sites (tertiary alicyclic amines) is 1. The minimum atomic E-state index is -0.356. The fourth-order valence-corrected chi connectivity index (χ4v) is 2.97. The molecule has 0 atom stereocenters. The summed E-state index contributed by atoms with van der Waals surface area (Å²) in [5.41, 5.74) is 0.604. The highest BCUT2D eigenvalue weighted by Crippen LogP contribution is 2.34. The number of amides is 3. The fraction of sp³-hybridized carbons (Fsp3) is 0.526. The quantitative estimate of drug-likeness (QED) is 0.816. The van der Waals surface area contributed by atoms with Gasteiger partial charge in [-0.15, -0.1) is 0 Å². The molecule has 1 N–H and O–H groups in total. The summed E-state index contributed by atoms with van der Waals surface area (Å²) in [6.45, 7) is 0.532. The van der Waals surface area contributed by atoms with Crippen molar-refractivity contribution in [3.05, 3.63) is 17.7 Å². The minimum absolute atomic E-state index is 0.0143. The summed E-state index contributed by atoms with van der Waals surface area (Å²) in [5.74, 6) is 0.138. The zero-order valence-electron chi connectivity index (χ0n) is 16.3. The molecule has 8 heteroatoms. The first-order valence-electron chi connectivity index (χ1n) is 8.92. The summed E-state index contributed by atoms with van der Waals surface area (Å²) in [6, 6.07) is 3.09. The summed E-state index contributed by atoms with van der Waals surface area (Å²) in [6.07, 6.45) is 3.20. The molecule has 0 aromatic heterocycles. The highest BCUT2D eigenvalue weighted by atomic mass is 16.5. The summed E-state index contributed by atoms with van der Waals surface area (Å²) >= 11 is 0. The SMILES string of the molecule is COc1cc(NC(=O)CN2CCCCCC2=O)c(C(=O)N(C)C)cc1OC. The van der Waals surface area contributed by atoms with Gasteiger partial charge in [-0.25, -0.2) is 0 Å². The summed E-state index contributed by atoms with van der Waals surface area (Å²) in [5, 5.41) is 2.74. The number of nitrogens with one attached hydrogen (secondary N) is 1. The third-order valence-corrected chi connectivity index (χ3v) is 4.44.